The average molecular weight is 465 g/mol. The fraction of sp³-hybridized carbons (Fsp3) is 0.778. The highest BCUT2D eigenvalue weighted by molar-refractivity contribution is 14.0. The van der Waals surface area contributed by atoms with Crippen LogP contribution in [0.3, 0.4) is 0 Å². The molecule has 0 radical (unpaired) electrons. The van der Waals surface area contributed by atoms with Gasteiger partial charge in [0.2, 0.25) is 5.89 Å². The SMILES string of the molecule is CN=C(NCCN(C(C)C)C(C)C)NCc1ncc(C(C)(C)C)o1.I. The van der Waals surface area contributed by atoms with Gasteiger partial charge in [0, 0.05) is 37.6 Å². The van der Waals surface area contributed by atoms with Crippen LogP contribution in [0.25, 0.3) is 0 Å². The summed E-state index contributed by atoms with van der Waals surface area (Å²) in [6.07, 6.45) is 1.80. The summed E-state index contributed by atoms with van der Waals surface area (Å²) >= 11 is 0. The van der Waals surface area contributed by atoms with Crippen molar-refractivity contribution in [2.45, 2.75) is 72.5 Å². The monoisotopic (exact) mass is 465 g/mol. The largest absolute Gasteiger partial charge is 0.443 e. The van der Waals surface area contributed by atoms with Gasteiger partial charge >= 0.3 is 0 Å². The molecule has 2 N–H and O–H groups in total. The summed E-state index contributed by atoms with van der Waals surface area (Å²) < 4.78 is 5.78. The second-order valence-corrected chi connectivity index (χ2v) is 7.65. The molecule has 0 bridgehead atoms. The first-order chi connectivity index (χ1) is 11.1. The first-order valence-electron chi connectivity index (χ1n) is 8.80. The molecule has 0 aromatic carbocycles. The van der Waals surface area contributed by atoms with E-state index in [1.165, 1.54) is 0 Å². The molecule has 0 unspecified atom stereocenters. The molecule has 25 heavy (non-hydrogen) atoms. The highest BCUT2D eigenvalue weighted by Crippen LogP contribution is 2.22. The van der Waals surface area contributed by atoms with Gasteiger partial charge in [-0.3, -0.25) is 9.89 Å². The molecule has 0 atom stereocenters. The van der Waals surface area contributed by atoms with Crippen LogP contribution < -0.4 is 10.6 Å². The minimum Gasteiger partial charge on any atom is -0.443 e. The standard InChI is InChI=1S/C18H35N5O.HI/c1-13(2)23(14(3)4)10-9-20-17(19-8)22-12-16-21-11-15(24-16)18(5,6)7;/h11,13-14H,9-10,12H2,1-8H3,(H2,19,20,22);1H. The Morgan fingerprint density at radius 2 is 1.80 bits per heavy atom. The van der Waals surface area contributed by atoms with E-state index in [4.69, 9.17) is 4.42 Å². The topological polar surface area (TPSA) is 65.7 Å². The molecule has 0 saturated carbocycles. The van der Waals surface area contributed by atoms with E-state index in [0.29, 0.717) is 24.5 Å². The maximum atomic E-state index is 5.78. The predicted octanol–water partition coefficient (Wildman–Crippen LogP) is 3.37. The minimum atomic E-state index is -0.0255. The highest BCUT2D eigenvalue weighted by atomic mass is 127. The van der Waals surface area contributed by atoms with Gasteiger partial charge in [-0.2, -0.15) is 0 Å². The number of nitrogens with zero attached hydrogens (tertiary/aromatic N) is 3. The molecule has 0 aliphatic rings. The van der Waals surface area contributed by atoms with Crippen LogP contribution in [-0.4, -0.2) is 48.1 Å². The molecule has 0 saturated heterocycles. The van der Waals surface area contributed by atoms with Crippen LogP contribution in [0.1, 0.15) is 60.1 Å². The number of hydrogen-bond acceptors (Lipinski definition) is 4. The maximum absolute atomic E-state index is 5.78. The molecule has 0 fully saturated rings. The number of guanidine groups is 1. The molecule has 0 amide bonds. The van der Waals surface area contributed by atoms with E-state index in [1.54, 1.807) is 13.2 Å². The van der Waals surface area contributed by atoms with Gasteiger partial charge in [0.15, 0.2) is 5.96 Å². The van der Waals surface area contributed by atoms with Crippen LogP contribution in [-0.2, 0) is 12.0 Å². The lowest BCUT2D eigenvalue weighted by Gasteiger charge is -2.30. The third-order valence-electron chi connectivity index (χ3n) is 3.91. The van der Waals surface area contributed by atoms with E-state index in [9.17, 15) is 0 Å². The average Bonchev–Trinajstić information content (AvgIpc) is 2.94. The van der Waals surface area contributed by atoms with Gasteiger partial charge in [0.1, 0.15) is 5.76 Å². The zero-order valence-corrected chi connectivity index (χ0v) is 19.3. The van der Waals surface area contributed by atoms with Crippen molar-refractivity contribution in [3.8, 4) is 0 Å². The molecular formula is C18H36IN5O. The van der Waals surface area contributed by atoms with Crippen molar-refractivity contribution in [2.24, 2.45) is 4.99 Å². The first kappa shape index (κ1) is 24.2. The second-order valence-electron chi connectivity index (χ2n) is 7.65. The summed E-state index contributed by atoms with van der Waals surface area (Å²) in [6, 6.07) is 1.06. The molecule has 0 spiro atoms. The van der Waals surface area contributed by atoms with Crippen molar-refractivity contribution < 1.29 is 4.42 Å². The number of aliphatic imine (C=N–C) groups is 1. The van der Waals surface area contributed by atoms with Crippen molar-refractivity contribution in [3.63, 3.8) is 0 Å². The van der Waals surface area contributed by atoms with Crippen LogP contribution in [0.5, 0.6) is 0 Å². The van der Waals surface area contributed by atoms with Crippen LogP contribution >= 0.6 is 24.0 Å². The van der Waals surface area contributed by atoms with E-state index in [-0.39, 0.29) is 29.4 Å². The number of nitrogens with one attached hydrogen (secondary N) is 2. The summed E-state index contributed by atoms with van der Waals surface area (Å²) in [7, 11) is 1.77. The van der Waals surface area contributed by atoms with Crippen molar-refractivity contribution in [3.05, 3.63) is 17.8 Å². The van der Waals surface area contributed by atoms with Gasteiger partial charge in [0.25, 0.3) is 0 Å². The lowest BCUT2D eigenvalue weighted by atomic mass is 9.94. The van der Waals surface area contributed by atoms with E-state index in [0.717, 1.165) is 24.8 Å². The third-order valence-corrected chi connectivity index (χ3v) is 3.91. The lowest BCUT2D eigenvalue weighted by molar-refractivity contribution is 0.178. The van der Waals surface area contributed by atoms with Crippen LogP contribution in [0.4, 0.5) is 0 Å². The Morgan fingerprint density at radius 3 is 2.24 bits per heavy atom. The summed E-state index contributed by atoms with van der Waals surface area (Å²) in [4.78, 5) is 11.0. The number of hydrogen-bond donors (Lipinski definition) is 2. The Kier molecular flexibility index (Phi) is 10.6. The molecule has 1 aromatic rings. The van der Waals surface area contributed by atoms with E-state index in [2.05, 4.69) is 74.0 Å². The zero-order valence-electron chi connectivity index (χ0n) is 17.0. The Hall–Kier alpha value is -0.830. The molecule has 1 heterocycles. The van der Waals surface area contributed by atoms with Gasteiger partial charge in [-0.25, -0.2) is 4.98 Å². The number of aromatic nitrogens is 1. The van der Waals surface area contributed by atoms with Crippen molar-refractivity contribution >= 4 is 29.9 Å². The summed E-state index contributed by atoms with van der Waals surface area (Å²) in [5.74, 6) is 2.33. The van der Waals surface area contributed by atoms with Crippen molar-refractivity contribution in [1.29, 1.82) is 0 Å². The Bertz CT molecular complexity index is 512. The normalized spacial score (nSPS) is 12.7. The Morgan fingerprint density at radius 1 is 1.20 bits per heavy atom. The Balaban J connectivity index is 0.00000576. The molecule has 0 aliphatic heterocycles. The molecule has 0 aliphatic carbocycles. The van der Waals surface area contributed by atoms with Crippen LogP contribution in [0, 0.1) is 0 Å². The third kappa shape index (κ3) is 8.40. The fourth-order valence-corrected chi connectivity index (χ4v) is 2.53. The van der Waals surface area contributed by atoms with Crippen molar-refractivity contribution in [1.82, 2.24) is 20.5 Å². The van der Waals surface area contributed by atoms with E-state index >= 15 is 0 Å². The zero-order chi connectivity index (χ0) is 18.3. The lowest BCUT2D eigenvalue weighted by Crippen LogP contribution is -2.45. The predicted molar refractivity (Wildman–Crippen MR) is 116 cm³/mol. The molecule has 7 heteroatoms. The molecule has 1 aromatic heterocycles. The first-order valence-corrected chi connectivity index (χ1v) is 8.80. The molecular weight excluding hydrogens is 429 g/mol. The number of rotatable bonds is 7. The number of halogens is 1. The summed E-state index contributed by atoms with van der Waals surface area (Å²) in [6.45, 7) is 17.6. The summed E-state index contributed by atoms with van der Waals surface area (Å²) in [5, 5.41) is 6.59. The van der Waals surface area contributed by atoms with Gasteiger partial charge < -0.3 is 15.1 Å². The smallest absolute Gasteiger partial charge is 0.213 e. The fourth-order valence-electron chi connectivity index (χ4n) is 2.53. The van der Waals surface area contributed by atoms with E-state index < -0.39 is 0 Å². The summed E-state index contributed by atoms with van der Waals surface area (Å²) in [5.41, 5.74) is -0.0255. The van der Waals surface area contributed by atoms with Gasteiger partial charge in [-0.05, 0) is 27.7 Å². The Labute approximate surface area is 170 Å². The van der Waals surface area contributed by atoms with E-state index in [1.807, 2.05) is 0 Å². The van der Waals surface area contributed by atoms with Gasteiger partial charge in [0.05, 0.1) is 12.7 Å². The molecule has 1 rings (SSSR count). The molecule has 6 nitrogen and oxygen atoms in total. The second kappa shape index (κ2) is 11.0. The van der Waals surface area contributed by atoms with Crippen molar-refractivity contribution in [2.75, 3.05) is 20.1 Å². The minimum absolute atomic E-state index is 0. The maximum Gasteiger partial charge on any atom is 0.213 e. The van der Waals surface area contributed by atoms with Crippen LogP contribution in [0.2, 0.25) is 0 Å². The van der Waals surface area contributed by atoms with Gasteiger partial charge in [-0.1, -0.05) is 20.8 Å². The molecule has 146 valence electrons. The highest BCUT2D eigenvalue weighted by Gasteiger charge is 2.19. The number of oxazole rings is 1. The van der Waals surface area contributed by atoms with Crippen LogP contribution in [0.15, 0.2) is 15.6 Å². The van der Waals surface area contributed by atoms with Gasteiger partial charge in [-0.15, -0.1) is 24.0 Å². The quantitative estimate of drug-likeness (QED) is 0.367.